The average molecular weight is 386 g/mol. The van der Waals surface area contributed by atoms with Crippen LogP contribution in [0.5, 0.6) is 0 Å². The zero-order valence-corrected chi connectivity index (χ0v) is 16.3. The molecule has 2 aromatic carbocycles. The molecule has 0 unspecified atom stereocenters. The zero-order chi connectivity index (χ0) is 18.5. The number of hydrogen-bond acceptors (Lipinski definition) is 4. The van der Waals surface area contributed by atoms with Crippen molar-refractivity contribution < 1.29 is 0 Å². The molecule has 0 bridgehead atoms. The third kappa shape index (κ3) is 4.03. The van der Waals surface area contributed by atoms with Gasteiger partial charge in [-0.3, -0.25) is 0 Å². The molecule has 0 spiro atoms. The lowest BCUT2D eigenvalue weighted by Gasteiger charge is -2.20. The van der Waals surface area contributed by atoms with Crippen molar-refractivity contribution in [2.75, 3.05) is 18.0 Å². The molecule has 0 aliphatic heterocycles. The summed E-state index contributed by atoms with van der Waals surface area (Å²) in [6.45, 7) is 6.27. The van der Waals surface area contributed by atoms with Crippen LogP contribution >= 0.6 is 23.8 Å². The number of nitrogens with zero attached hydrogens (tertiary/aromatic N) is 4. The Bertz CT molecular complexity index is 937. The van der Waals surface area contributed by atoms with E-state index in [-0.39, 0.29) is 0 Å². The molecule has 3 aromatic rings. The second-order valence-electron chi connectivity index (χ2n) is 5.68. The van der Waals surface area contributed by atoms with Gasteiger partial charge < -0.3 is 4.90 Å². The van der Waals surface area contributed by atoms with Crippen LogP contribution in [0.2, 0.25) is 5.02 Å². The fraction of sp³-hybridized carbons (Fsp3) is 0.211. The summed E-state index contributed by atoms with van der Waals surface area (Å²) in [6.07, 6.45) is 1.77. The molecule has 134 valence electrons. The van der Waals surface area contributed by atoms with E-state index in [2.05, 4.69) is 46.2 Å². The van der Waals surface area contributed by atoms with Crippen LogP contribution in [0.15, 0.2) is 53.6 Å². The van der Waals surface area contributed by atoms with Gasteiger partial charge in [0.25, 0.3) is 0 Å². The number of anilines is 1. The predicted octanol–water partition coefficient (Wildman–Crippen LogP) is 4.99. The highest BCUT2D eigenvalue weighted by Gasteiger charge is 2.08. The van der Waals surface area contributed by atoms with Crippen molar-refractivity contribution in [3.8, 4) is 11.4 Å². The average Bonchev–Trinajstić information content (AvgIpc) is 3.03. The van der Waals surface area contributed by atoms with Gasteiger partial charge in [-0.25, -0.2) is 5.10 Å². The quantitative estimate of drug-likeness (QED) is 0.480. The Balaban J connectivity index is 1.86. The van der Waals surface area contributed by atoms with Crippen molar-refractivity contribution in [1.82, 2.24) is 14.9 Å². The number of halogens is 1. The van der Waals surface area contributed by atoms with E-state index in [4.69, 9.17) is 23.8 Å². The summed E-state index contributed by atoms with van der Waals surface area (Å²) < 4.78 is 2.04. The molecule has 7 heteroatoms. The van der Waals surface area contributed by atoms with Crippen LogP contribution in [0.25, 0.3) is 11.4 Å². The molecule has 1 N–H and O–H groups in total. The summed E-state index contributed by atoms with van der Waals surface area (Å²) in [5.74, 6) is 0.641. The van der Waals surface area contributed by atoms with Crippen molar-refractivity contribution in [3.05, 3.63) is 63.9 Å². The molecule has 0 fully saturated rings. The molecule has 1 heterocycles. The summed E-state index contributed by atoms with van der Waals surface area (Å²) in [7, 11) is 0. The number of aromatic nitrogens is 3. The third-order valence-corrected chi connectivity index (χ3v) is 4.61. The molecule has 3 rings (SSSR count). The standard InChI is InChI=1S/C19H20ClN5S/c1-3-24(4-2)17-11-5-14(6-12-17)13-21-25-18(22-23-19(25)26)15-7-9-16(20)10-8-15/h5-13H,3-4H2,1-2H3,(H,23,26). The summed E-state index contributed by atoms with van der Waals surface area (Å²) in [5.41, 5.74) is 3.08. The van der Waals surface area contributed by atoms with Gasteiger partial charge in [0.05, 0.1) is 6.21 Å². The van der Waals surface area contributed by atoms with E-state index in [0.717, 1.165) is 24.2 Å². The normalized spacial score (nSPS) is 11.2. The highest BCUT2D eigenvalue weighted by Crippen LogP contribution is 2.20. The third-order valence-electron chi connectivity index (χ3n) is 4.10. The Labute approximate surface area is 162 Å². The minimum atomic E-state index is 0.436. The number of rotatable bonds is 6. The van der Waals surface area contributed by atoms with Crippen molar-refractivity contribution in [2.24, 2.45) is 5.10 Å². The summed E-state index contributed by atoms with van der Waals surface area (Å²) in [5, 5.41) is 12.2. The molecule has 0 aliphatic carbocycles. The Kier molecular flexibility index (Phi) is 5.85. The molecule has 0 saturated carbocycles. The smallest absolute Gasteiger partial charge is 0.216 e. The maximum atomic E-state index is 5.95. The Hall–Kier alpha value is -2.44. The van der Waals surface area contributed by atoms with Crippen molar-refractivity contribution in [1.29, 1.82) is 0 Å². The van der Waals surface area contributed by atoms with Gasteiger partial charge in [-0.1, -0.05) is 23.7 Å². The minimum Gasteiger partial charge on any atom is -0.372 e. The maximum Gasteiger partial charge on any atom is 0.216 e. The van der Waals surface area contributed by atoms with E-state index in [1.807, 2.05) is 36.4 Å². The van der Waals surface area contributed by atoms with E-state index < -0.39 is 0 Å². The van der Waals surface area contributed by atoms with Crippen LogP contribution in [0, 0.1) is 4.77 Å². The molecule has 5 nitrogen and oxygen atoms in total. The summed E-state index contributed by atoms with van der Waals surface area (Å²) in [6, 6.07) is 15.7. The fourth-order valence-electron chi connectivity index (χ4n) is 2.67. The van der Waals surface area contributed by atoms with Gasteiger partial charge in [0.2, 0.25) is 4.77 Å². The molecule has 0 radical (unpaired) electrons. The Morgan fingerprint density at radius 1 is 1.12 bits per heavy atom. The van der Waals surface area contributed by atoms with E-state index in [1.165, 1.54) is 5.69 Å². The molecule has 0 aliphatic rings. The van der Waals surface area contributed by atoms with E-state index in [0.29, 0.717) is 15.6 Å². The van der Waals surface area contributed by atoms with Gasteiger partial charge in [0.15, 0.2) is 5.82 Å². The first-order valence-corrected chi connectivity index (χ1v) is 9.23. The van der Waals surface area contributed by atoms with Crippen LogP contribution in [-0.4, -0.2) is 34.2 Å². The second kappa shape index (κ2) is 8.29. The van der Waals surface area contributed by atoms with Crippen molar-refractivity contribution in [3.63, 3.8) is 0 Å². The van der Waals surface area contributed by atoms with Gasteiger partial charge >= 0.3 is 0 Å². The Morgan fingerprint density at radius 3 is 2.38 bits per heavy atom. The highest BCUT2D eigenvalue weighted by atomic mass is 35.5. The first-order valence-electron chi connectivity index (χ1n) is 8.45. The largest absolute Gasteiger partial charge is 0.372 e. The minimum absolute atomic E-state index is 0.436. The fourth-order valence-corrected chi connectivity index (χ4v) is 2.97. The van der Waals surface area contributed by atoms with Crippen LogP contribution in [-0.2, 0) is 0 Å². The van der Waals surface area contributed by atoms with Gasteiger partial charge in [-0.05, 0) is 68.0 Å². The van der Waals surface area contributed by atoms with Crippen molar-refractivity contribution in [2.45, 2.75) is 13.8 Å². The van der Waals surface area contributed by atoms with E-state index in [1.54, 1.807) is 10.9 Å². The van der Waals surface area contributed by atoms with E-state index in [9.17, 15) is 0 Å². The van der Waals surface area contributed by atoms with Gasteiger partial charge in [-0.15, -0.1) is 0 Å². The molecule has 0 atom stereocenters. The van der Waals surface area contributed by atoms with Gasteiger partial charge in [-0.2, -0.15) is 14.9 Å². The van der Waals surface area contributed by atoms with Crippen LogP contribution in [0.4, 0.5) is 5.69 Å². The highest BCUT2D eigenvalue weighted by molar-refractivity contribution is 7.71. The molecule has 1 aromatic heterocycles. The van der Waals surface area contributed by atoms with Crippen LogP contribution in [0.1, 0.15) is 19.4 Å². The SMILES string of the molecule is CCN(CC)c1ccc(C=Nn2c(-c3ccc(Cl)cc3)n[nH]c2=S)cc1. The lowest BCUT2D eigenvalue weighted by Crippen LogP contribution is -2.21. The number of H-pyrrole nitrogens is 1. The summed E-state index contributed by atoms with van der Waals surface area (Å²) >= 11 is 11.3. The van der Waals surface area contributed by atoms with Crippen LogP contribution in [0.3, 0.4) is 0 Å². The molecule has 26 heavy (non-hydrogen) atoms. The van der Waals surface area contributed by atoms with Crippen LogP contribution < -0.4 is 4.90 Å². The Morgan fingerprint density at radius 2 is 1.77 bits per heavy atom. The lowest BCUT2D eigenvalue weighted by molar-refractivity contribution is 0.865. The molecular weight excluding hydrogens is 366 g/mol. The number of nitrogens with one attached hydrogen (secondary N) is 1. The second-order valence-corrected chi connectivity index (χ2v) is 6.50. The van der Waals surface area contributed by atoms with Gasteiger partial charge in [0.1, 0.15) is 0 Å². The molecule has 0 saturated heterocycles. The first-order chi connectivity index (χ1) is 12.6. The lowest BCUT2D eigenvalue weighted by atomic mass is 10.2. The zero-order valence-electron chi connectivity index (χ0n) is 14.7. The van der Waals surface area contributed by atoms with E-state index >= 15 is 0 Å². The predicted molar refractivity (Wildman–Crippen MR) is 111 cm³/mol. The first kappa shape index (κ1) is 18.4. The van der Waals surface area contributed by atoms with Gasteiger partial charge in [0, 0.05) is 29.4 Å². The number of benzene rings is 2. The molecule has 0 amide bonds. The number of aromatic amines is 1. The topological polar surface area (TPSA) is 49.2 Å². The monoisotopic (exact) mass is 385 g/mol. The summed E-state index contributed by atoms with van der Waals surface area (Å²) in [4.78, 5) is 2.30. The maximum absolute atomic E-state index is 5.95. The number of hydrogen-bond donors (Lipinski definition) is 1. The molecular formula is C19H20ClN5S. The van der Waals surface area contributed by atoms with Crippen molar-refractivity contribution >= 4 is 35.7 Å².